The zero-order chi connectivity index (χ0) is 25.0. The van der Waals surface area contributed by atoms with E-state index in [1.165, 1.54) is 4.57 Å². The van der Waals surface area contributed by atoms with Crippen LogP contribution in [0.25, 0.3) is 5.69 Å². The van der Waals surface area contributed by atoms with Crippen molar-refractivity contribution in [2.45, 2.75) is 40.0 Å². The average Bonchev–Trinajstić information content (AvgIpc) is 3.33. The highest BCUT2D eigenvalue weighted by molar-refractivity contribution is 6.44. The topological polar surface area (TPSA) is 56.6 Å². The number of rotatable bonds is 4. The molecule has 2 fully saturated rings. The average molecular weight is 516 g/mol. The van der Waals surface area contributed by atoms with Crippen molar-refractivity contribution < 1.29 is 9.47 Å². The molecule has 5 rings (SSSR count). The summed E-state index contributed by atoms with van der Waals surface area (Å²) in [6.45, 7) is 9.25. The predicted molar refractivity (Wildman–Crippen MR) is 142 cm³/mol. The Morgan fingerprint density at radius 1 is 1.00 bits per heavy atom. The third kappa shape index (κ3) is 5.35. The van der Waals surface area contributed by atoms with Crippen LogP contribution in [0.4, 0.5) is 5.82 Å². The number of hydrogen-bond donors (Lipinski definition) is 0. The maximum Gasteiger partial charge on any atom is 0.260 e. The molecule has 6 nitrogen and oxygen atoms in total. The van der Waals surface area contributed by atoms with Gasteiger partial charge in [-0.1, -0.05) is 55.2 Å². The highest BCUT2D eigenvalue weighted by Crippen LogP contribution is 2.40. The third-order valence-corrected chi connectivity index (χ3v) is 7.50. The number of para-hydroxylation sites is 1. The van der Waals surface area contributed by atoms with Crippen LogP contribution >= 0.6 is 23.2 Å². The van der Waals surface area contributed by atoms with Gasteiger partial charge in [0.1, 0.15) is 28.2 Å². The summed E-state index contributed by atoms with van der Waals surface area (Å²) in [5.41, 5.74) is 0.579. The van der Waals surface area contributed by atoms with Crippen molar-refractivity contribution in [1.82, 2.24) is 9.55 Å². The molecule has 1 aromatic heterocycles. The lowest BCUT2D eigenvalue weighted by Crippen LogP contribution is -2.41. The number of ether oxygens (including phenoxy) is 2. The predicted octanol–water partition coefficient (Wildman–Crippen LogP) is 6.67. The van der Waals surface area contributed by atoms with Crippen LogP contribution in [0, 0.1) is 12.3 Å². The summed E-state index contributed by atoms with van der Waals surface area (Å²) in [6.07, 6.45) is 3.24. The number of anilines is 1. The van der Waals surface area contributed by atoms with Gasteiger partial charge in [-0.05, 0) is 55.9 Å². The second-order valence-corrected chi connectivity index (χ2v) is 9.51. The molecule has 2 saturated heterocycles. The summed E-state index contributed by atoms with van der Waals surface area (Å²) in [7, 11) is 0. The summed E-state index contributed by atoms with van der Waals surface area (Å²) in [5, 5.41) is 0.486. The number of hydrogen-bond acceptors (Lipinski definition) is 5. The van der Waals surface area contributed by atoms with Crippen molar-refractivity contribution in [2.75, 3.05) is 31.2 Å². The maximum absolute atomic E-state index is 13.1. The fourth-order valence-corrected chi connectivity index (χ4v) is 5.12. The van der Waals surface area contributed by atoms with Crippen LogP contribution in [0.5, 0.6) is 11.5 Å². The lowest BCUT2D eigenvalue weighted by molar-refractivity contribution is 0.133. The van der Waals surface area contributed by atoms with Gasteiger partial charge in [0.15, 0.2) is 0 Å². The lowest BCUT2D eigenvalue weighted by Gasteiger charge is -2.38. The van der Waals surface area contributed by atoms with Crippen LogP contribution in [0.15, 0.2) is 53.3 Å². The van der Waals surface area contributed by atoms with Crippen molar-refractivity contribution in [2.24, 2.45) is 5.41 Å². The van der Waals surface area contributed by atoms with Gasteiger partial charge in [0.05, 0.1) is 17.3 Å². The van der Waals surface area contributed by atoms with Crippen LogP contribution < -0.4 is 15.2 Å². The number of halogens is 2. The van der Waals surface area contributed by atoms with E-state index in [0.29, 0.717) is 34.2 Å². The molecule has 0 aliphatic carbocycles. The van der Waals surface area contributed by atoms with Gasteiger partial charge in [0.2, 0.25) is 0 Å². The van der Waals surface area contributed by atoms with Crippen molar-refractivity contribution >= 4 is 29.0 Å². The molecule has 3 heterocycles. The van der Waals surface area contributed by atoms with Crippen LogP contribution in [0.1, 0.15) is 38.9 Å². The van der Waals surface area contributed by atoms with Crippen molar-refractivity contribution in [1.29, 1.82) is 0 Å². The lowest BCUT2D eigenvalue weighted by atomic mass is 9.78. The first-order chi connectivity index (χ1) is 17.0. The van der Waals surface area contributed by atoms with Gasteiger partial charge in [-0.25, -0.2) is 4.98 Å². The summed E-state index contributed by atoms with van der Waals surface area (Å²) >= 11 is 13.1. The molecule has 0 N–H and O–H groups in total. The minimum Gasteiger partial charge on any atom is -0.456 e. The molecular weight excluding hydrogens is 485 g/mol. The SMILES string of the molecule is CC.Cc1nc(N2CCC3(CCOC3)CC2)cc(=O)n1-c1ccc(Oc2ccccc2)c(Cl)c1Cl. The monoisotopic (exact) mass is 515 g/mol. The van der Waals surface area contributed by atoms with Gasteiger partial charge in [-0.15, -0.1) is 0 Å². The first-order valence-electron chi connectivity index (χ1n) is 12.1. The Kier molecular flexibility index (Phi) is 8.05. The molecule has 35 heavy (non-hydrogen) atoms. The van der Waals surface area contributed by atoms with Crippen LogP contribution in [0.3, 0.4) is 0 Å². The highest BCUT2D eigenvalue weighted by atomic mass is 35.5. The van der Waals surface area contributed by atoms with Gasteiger partial charge >= 0.3 is 0 Å². The van der Waals surface area contributed by atoms with E-state index < -0.39 is 0 Å². The second kappa shape index (κ2) is 11.0. The van der Waals surface area contributed by atoms with E-state index in [9.17, 15) is 4.79 Å². The number of benzene rings is 2. The van der Waals surface area contributed by atoms with E-state index in [-0.39, 0.29) is 15.6 Å². The van der Waals surface area contributed by atoms with Gasteiger partial charge in [-0.2, -0.15) is 0 Å². The molecule has 186 valence electrons. The first-order valence-corrected chi connectivity index (χ1v) is 12.9. The molecule has 2 aromatic carbocycles. The largest absolute Gasteiger partial charge is 0.456 e. The van der Waals surface area contributed by atoms with E-state index in [4.69, 9.17) is 37.7 Å². The Balaban J connectivity index is 0.00000141. The molecule has 0 radical (unpaired) electrons. The first kappa shape index (κ1) is 25.5. The van der Waals surface area contributed by atoms with Gasteiger partial charge in [0, 0.05) is 25.8 Å². The van der Waals surface area contributed by atoms with Gasteiger partial charge in [0.25, 0.3) is 5.56 Å². The molecule has 0 atom stereocenters. The molecule has 0 bridgehead atoms. The Morgan fingerprint density at radius 2 is 1.71 bits per heavy atom. The van der Waals surface area contributed by atoms with Crippen molar-refractivity contribution in [3.8, 4) is 17.2 Å². The smallest absolute Gasteiger partial charge is 0.260 e. The Bertz CT molecular complexity index is 1210. The Hall–Kier alpha value is -2.54. The third-order valence-electron chi connectivity index (χ3n) is 6.64. The van der Waals surface area contributed by atoms with E-state index in [0.717, 1.165) is 45.6 Å². The summed E-state index contributed by atoms with van der Waals surface area (Å²) < 4.78 is 13.0. The van der Waals surface area contributed by atoms with Gasteiger partial charge in [-0.3, -0.25) is 9.36 Å². The Labute approximate surface area is 216 Å². The quantitative estimate of drug-likeness (QED) is 0.388. The maximum atomic E-state index is 13.1. The molecule has 0 saturated carbocycles. The molecule has 2 aliphatic rings. The number of piperidine rings is 1. The zero-order valence-corrected chi connectivity index (χ0v) is 21.9. The second-order valence-electron chi connectivity index (χ2n) is 8.75. The molecule has 8 heteroatoms. The van der Waals surface area contributed by atoms with Crippen LogP contribution in [-0.4, -0.2) is 35.9 Å². The summed E-state index contributed by atoms with van der Waals surface area (Å²) in [5.74, 6) is 2.32. The van der Waals surface area contributed by atoms with E-state index in [1.54, 1.807) is 25.1 Å². The van der Waals surface area contributed by atoms with E-state index >= 15 is 0 Å². The summed E-state index contributed by atoms with van der Waals surface area (Å²) in [4.78, 5) is 20.1. The zero-order valence-electron chi connectivity index (χ0n) is 20.4. The molecule has 1 spiro atoms. The van der Waals surface area contributed by atoms with Crippen molar-refractivity contribution in [3.05, 3.63) is 74.8 Å². The molecular formula is C27H31Cl2N3O3. The van der Waals surface area contributed by atoms with Gasteiger partial charge < -0.3 is 14.4 Å². The van der Waals surface area contributed by atoms with E-state index in [2.05, 4.69) is 4.90 Å². The number of nitrogens with zero attached hydrogens (tertiary/aromatic N) is 3. The molecule has 0 unspecified atom stereocenters. The minimum absolute atomic E-state index is 0.198. The molecule has 3 aromatic rings. The number of aromatic nitrogens is 2. The molecule has 0 amide bonds. The molecule has 2 aliphatic heterocycles. The normalized spacial score (nSPS) is 16.7. The van der Waals surface area contributed by atoms with Crippen molar-refractivity contribution in [3.63, 3.8) is 0 Å². The standard InChI is InChI=1S/C25H25Cl2N3O3.C2H6/c1-17-28-21(29-12-9-25(10-13-29)11-14-32-16-25)15-22(31)30(17)19-7-8-20(24(27)23(19)26)33-18-5-3-2-4-6-18;1-2/h2-8,15H,9-14,16H2,1H3;1-2H3. The van der Waals surface area contributed by atoms with E-state index in [1.807, 2.05) is 44.2 Å². The minimum atomic E-state index is -0.198. The highest BCUT2D eigenvalue weighted by Gasteiger charge is 2.38. The summed E-state index contributed by atoms with van der Waals surface area (Å²) in [6, 6.07) is 14.3. The Morgan fingerprint density at radius 3 is 2.34 bits per heavy atom. The fourth-order valence-electron chi connectivity index (χ4n) is 4.68. The fraction of sp³-hybridized carbons (Fsp3) is 0.407. The van der Waals surface area contributed by atoms with Crippen LogP contribution in [0.2, 0.25) is 10.0 Å². The number of aryl methyl sites for hydroxylation is 1. The van der Waals surface area contributed by atoms with Crippen LogP contribution in [-0.2, 0) is 4.74 Å².